The Balaban J connectivity index is 1.94. The Bertz CT molecular complexity index is 301. The molecule has 1 saturated carbocycles. The number of anilines is 1. The maximum absolute atomic E-state index is 12.8. The van der Waals surface area contributed by atoms with Crippen LogP contribution >= 0.6 is 0 Å². The van der Waals surface area contributed by atoms with Crippen LogP contribution in [-0.2, 0) is 0 Å². The topological polar surface area (TPSA) is 37.8 Å². The van der Waals surface area contributed by atoms with E-state index in [9.17, 15) is 8.78 Å². The highest BCUT2D eigenvalue weighted by molar-refractivity contribution is 5.25. The molecular weight excluding hydrogens is 188 g/mol. The Labute approximate surface area is 80.6 Å². The monoisotopic (exact) mass is 199 g/mol. The molecule has 1 aliphatic rings. The van der Waals surface area contributed by atoms with Crippen LogP contribution in [0.1, 0.15) is 19.3 Å². The van der Waals surface area contributed by atoms with Gasteiger partial charge in [-0.1, -0.05) is 0 Å². The van der Waals surface area contributed by atoms with Gasteiger partial charge in [0.05, 0.1) is 12.4 Å². The van der Waals surface area contributed by atoms with E-state index in [1.807, 2.05) is 0 Å². The number of nitrogens with zero attached hydrogens (tertiary/aromatic N) is 2. The first-order valence-electron chi connectivity index (χ1n) is 4.62. The summed E-state index contributed by atoms with van der Waals surface area (Å²) in [5.41, 5.74) is 0. The summed E-state index contributed by atoms with van der Waals surface area (Å²) in [5, 5.41) is 2.97. The minimum atomic E-state index is -0.729. The quantitative estimate of drug-likeness (QED) is 0.790. The van der Waals surface area contributed by atoms with Crippen LogP contribution in [0.15, 0.2) is 12.4 Å². The summed E-state index contributed by atoms with van der Waals surface area (Å²) in [7, 11) is 0. The number of alkyl halides is 1. The van der Waals surface area contributed by atoms with Crippen LogP contribution in [-0.4, -0.2) is 22.2 Å². The van der Waals surface area contributed by atoms with E-state index in [4.69, 9.17) is 0 Å². The van der Waals surface area contributed by atoms with Gasteiger partial charge in [-0.3, -0.25) is 0 Å². The van der Waals surface area contributed by atoms with E-state index in [-0.39, 0.29) is 6.04 Å². The van der Waals surface area contributed by atoms with Gasteiger partial charge in [0.1, 0.15) is 6.17 Å². The van der Waals surface area contributed by atoms with Gasteiger partial charge in [0.25, 0.3) is 0 Å². The maximum atomic E-state index is 12.8. The average molecular weight is 199 g/mol. The number of aromatic nitrogens is 2. The van der Waals surface area contributed by atoms with Crippen LogP contribution in [0.5, 0.6) is 0 Å². The molecule has 0 aliphatic heterocycles. The Morgan fingerprint density at radius 1 is 1.29 bits per heavy atom. The number of hydrogen-bond acceptors (Lipinski definition) is 3. The molecule has 76 valence electrons. The summed E-state index contributed by atoms with van der Waals surface area (Å²) in [5.74, 6) is -0.101. The Kier molecular flexibility index (Phi) is 2.56. The number of rotatable bonds is 2. The fourth-order valence-electron chi connectivity index (χ4n) is 1.63. The molecule has 1 aromatic rings. The third kappa shape index (κ3) is 2.16. The van der Waals surface area contributed by atoms with Crippen molar-refractivity contribution in [2.45, 2.75) is 31.5 Å². The van der Waals surface area contributed by atoms with Gasteiger partial charge in [-0.15, -0.1) is 0 Å². The highest BCUT2D eigenvalue weighted by Crippen LogP contribution is 2.23. The predicted octanol–water partition coefficient (Wildman–Crippen LogP) is 1.92. The second-order valence-corrected chi connectivity index (χ2v) is 3.48. The van der Waals surface area contributed by atoms with Crippen molar-refractivity contribution in [3.05, 3.63) is 18.2 Å². The average Bonchev–Trinajstić information content (AvgIpc) is 2.56. The molecular formula is C9H11F2N3. The largest absolute Gasteiger partial charge is 0.351 e. The normalized spacial score (nSPS) is 26.4. The smallest absolute Gasteiger partial charge is 0.222 e. The molecule has 3 nitrogen and oxygen atoms in total. The van der Waals surface area contributed by atoms with E-state index >= 15 is 0 Å². The lowest BCUT2D eigenvalue weighted by Crippen LogP contribution is -2.17. The zero-order valence-corrected chi connectivity index (χ0v) is 7.58. The van der Waals surface area contributed by atoms with Crippen molar-refractivity contribution >= 4 is 5.95 Å². The van der Waals surface area contributed by atoms with Gasteiger partial charge in [-0.2, -0.15) is 0 Å². The Morgan fingerprint density at radius 2 is 2.00 bits per heavy atom. The third-order valence-electron chi connectivity index (χ3n) is 2.32. The van der Waals surface area contributed by atoms with Crippen LogP contribution in [0.4, 0.5) is 14.7 Å². The molecule has 0 spiro atoms. The predicted molar refractivity (Wildman–Crippen MR) is 48.1 cm³/mol. The first-order chi connectivity index (χ1) is 6.74. The highest BCUT2D eigenvalue weighted by atomic mass is 19.1. The van der Waals surface area contributed by atoms with Crippen molar-refractivity contribution < 1.29 is 8.78 Å². The molecule has 0 amide bonds. The molecule has 2 rings (SSSR count). The second kappa shape index (κ2) is 3.86. The van der Waals surface area contributed by atoms with E-state index in [0.29, 0.717) is 18.8 Å². The lowest BCUT2D eigenvalue weighted by atomic mass is 10.2. The van der Waals surface area contributed by atoms with Crippen LogP contribution in [0.2, 0.25) is 0 Å². The Morgan fingerprint density at radius 3 is 2.57 bits per heavy atom. The van der Waals surface area contributed by atoms with E-state index in [2.05, 4.69) is 15.3 Å². The summed E-state index contributed by atoms with van der Waals surface area (Å²) >= 11 is 0. The molecule has 1 fully saturated rings. The van der Waals surface area contributed by atoms with Crippen molar-refractivity contribution in [3.63, 3.8) is 0 Å². The number of hydrogen-bond donors (Lipinski definition) is 1. The van der Waals surface area contributed by atoms with Gasteiger partial charge in [0, 0.05) is 6.04 Å². The summed E-state index contributed by atoms with van der Waals surface area (Å²) in [4.78, 5) is 7.49. The summed E-state index contributed by atoms with van der Waals surface area (Å²) in [6.45, 7) is 0. The lowest BCUT2D eigenvalue weighted by molar-refractivity contribution is 0.340. The molecule has 14 heavy (non-hydrogen) atoms. The van der Waals surface area contributed by atoms with Crippen LogP contribution in [0, 0.1) is 5.82 Å². The van der Waals surface area contributed by atoms with Gasteiger partial charge in [-0.05, 0) is 19.3 Å². The van der Waals surface area contributed by atoms with E-state index in [1.54, 1.807) is 0 Å². The fourth-order valence-corrected chi connectivity index (χ4v) is 1.63. The molecule has 0 unspecified atom stereocenters. The zero-order valence-electron chi connectivity index (χ0n) is 7.58. The summed E-state index contributed by atoms with van der Waals surface area (Å²) in [6, 6.07) is 0.0791. The van der Waals surface area contributed by atoms with Crippen molar-refractivity contribution in [1.82, 2.24) is 9.97 Å². The molecule has 1 heterocycles. The lowest BCUT2D eigenvalue weighted by Gasteiger charge is -2.10. The Hall–Kier alpha value is -1.26. The van der Waals surface area contributed by atoms with Gasteiger partial charge in [-0.25, -0.2) is 18.7 Å². The number of nitrogens with one attached hydrogen (secondary N) is 1. The molecule has 1 N–H and O–H groups in total. The maximum Gasteiger partial charge on any atom is 0.222 e. The molecule has 0 radical (unpaired) electrons. The molecule has 1 aromatic heterocycles. The third-order valence-corrected chi connectivity index (χ3v) is 2.32. The summed E-state index contributed by atoms with van der Waals surface area (Å²) < 4.78 is 25.2. The van der Waals surface area contributed by atoms with E-state index < -0.39 is 12.0 Å². The minimum Gasteiger partial charge on any atom is -0.351 e. The second-order valence-electron chi connectivity index (χ2n) is 3.48. The van der Waals surface area contributed by atoms with Gasteiger partial charge < -0.3 is 5.32 Å². The van der Waals surface area contributed by atoms with Crippen molar-refractivity contribution in [2.75, 3.05) is 5.32 Å². The van der Waals surface area contributed by atoms with Crippen molar-refractivity contribution in [2.24, 2.45) is 0 Å². The standard InChI is InChI=1S/C9H11F2N3/c10-6-1-2-8(3-6)14-9-12-4-7(11)5-13-9/h4-6,8H,1-3H2,(H,12,13,14)/t6-,8-/m1/s1. The van der Waals surface area contributed by atoms with Crippen molar-refractivity contribution in [3.8, 4) is 0 Å². The highest BCUT2D eigenvalue weighted by Gasteiger charge is 2.24. The molecule has 0 saturated heterocycles. The fraction of sp³-hybridized carbons (Fsp3) is 0.556. The zero-order chi connectivity index (χ0) is 9.97. The van der Waals surface area contributed by atoms with Gasteiger partial charge in [0.15, 0.2) is 5.82 Å². The van der Waals surface area contributed by atoms with Crippen LogP contribution < -0.4 is 5.32 Å². The molecule has 0 aromatic carbocycles. The van der Waals surface area contributed by atoms with Crippen LogP contribution in [0.25, 0.3) is 0 Å². The SMILES string of the molecule is Fc1cnc(N[C@@H]2CC[C@@H](F)C2)nc1. The van der Waals surface area contributed by atoms with Crippen LogP contribution in [0.3, 0.4) is 0 Å². The van der Waals surface area contributed by atoms with Crippen molar-refractivity contribution in [1.29, 1.82) is 0 Å². The van der Waals surface area contributed by atoms with E-state index in [0.717, 1.165) is 18.8 Å². The molecule has 2 atom stereocenters. The first kappa shape index (κ1) is 9.30. The van der Waals surface area contributed by atoms with E-state index in [1.165, 1.54) is 0 Å². The van der Waals surface area contributed by atoms with Gasteiger partial charge in [0.2, 0.25) is 5.95 Å². The first-order valence-corrected chi connectivity index (χ1v) is 4.62. The van der Waals surface area contributed by atoms with Gasteiger partial charge >= 0.3 is 0 Å². The summed E-state index contributed by atoms with van der Waals surface area (Å²) in [6.07, 6.45) is 3.31. The molecule has 1 aliphatic carbocycles. The molecule has 5 heteroatoms. The molecule has 0 bridgehead atoms. The minimum absolute atomic E-state index is 0.0791. The number of halogens is 2.